The van der Waals surface area contributed by atoms with Crippen LogP contribution in [0, 0.1) is 34.1 Å². The van der Waals surface area contributed by atoms with Gasteiger partial charge in [-0.1, -0.05) is 30.3 Å². The van der Waals surface area contributed by atoms with Crippen LogP contribution in [0.25, 0.3) is 16.7 Å². The van der Waals surface area contributed by atoms with Gasteiger partial charge in [0, 0.05) is 0 Å². The average molecular weight is 388 g/mol. The number of carbonyl (C=O) groups excluding carboxylic acids is 1. The molecular formula is C20H12F4N2O2. The fraction of sp³-hybridized carbons (Fsp3) is 0.0500. The minimum Gasteiger partial charge on any atom is -0.465 e. The van der Waals surface area contributed by atoms with Crippen LogP contribution in [0.4, 0.5) is 17.6 Å². The lowest BCUT2D eigenvalue weighted by molar-refractivity contribution is -0.135. The molecule has 142 valence electrons. The Morgan fingerprint density at radius 2 is 1.39 bits per heavy atom. The fourth-order valence-electron chi connectivity index (χ4n) is 2.80. The van der Waals surface area contributed by atoms with Crippen molar-refractivity contribution >= 4 is 23.0 Å². The topological polar surface area (TPSA) is 74.0 Å². The zero-order chi connectivity index (χ0) is 20.6. The van der Waals surface area contributed by atoms with E-state index in [0.717, 1.165) is 19.3 Å². The van der Waals surface area contributed by atoms with E-state index in [1.54, 1.807) is 6.07 Å². The first-order chi connectivity index (χ1) is 13.3. The molecule has 1 aliphatic rings. The molecule has 0 saturated heterocycles. The molecule has 0 amide bonds. The third kappa shape index (κ3) is 3.02. The summed E-state index contributed by atoms with van der Waals surface area (Å²) in [6, 6.07) is 7.09. The largest absolute Gasteiger partial charge is 0.465 e. The molecule has 28 heavy (non-hydrogen) atoms. The summed E-state index contributed by atoms with van der Waals surface area (Å²) in [6.45, 7) is 0. The van der Waals surface area contributed by atoms with Gasteiger partial charge in [-0.05, 0) is 23.3 Å². The minimum absolute atomic E-state index is 0.0558. The van der Waals surface area contributed by atoms with E-state index in [2.05, 4.69) is 4.74 Å². The molecule has 0 heterocycles. The second kappa shape index (κ2) is 7.22. The van der Waals surface area contributed by atoms with Crippen molar-refractivity contribution in [1.29, 1.82) is 10.8 Å². The van der Waals surface area contributed by atoms with E-state index in [-0.39, 0.29) is 5.56 Å². The molecular weight excluding hydrogens is 376 g/mol. The Balaban J connectivity index is 2.26. The van der Waals surface area contributed by atoms with Crippen molar-refractivity contribution in [2.45, 2.75) is 0 Å². The number of hydrogen-bond donors (Lipinski definition) is 2. The van der Waals surface area contributed by atoms with Gasteiger partial charge in [0.05, 0.1) is 35.2 Å². The Labute approximate surface area is 156 Å². The summed E-state index contributed by atoms with van der Waals surface area (Å²) < 4.78 is 63.1. The molecule has 0 bridgehead atoms. The van der Waals surface area contributed by atoms with Gasteiger partial charge >= 0.3 is 5.97 Å². The van der Waals surface area contributed by atoms with E-state index >= 15 is 0 Å². The summed E-state index contributed by atoms with van der Waals surface area (Å²) in [5.74, 6) is -7.60. The summed E-state index contributed by atoms with van der Waals surface area (Å²) >= 11 is 0. The second-order valence-corrected chi connectivity index (χ2v) is 5.81. The number of esters is 1. The maximum atomic E-state index is 14.7. The van der Waals surface area contributed by atoms with Gasteiger partial charge in [-0.2, -0.15) is 0 Å². The van der Waals surface area contributed by atoms with E-state index in [0.29, 0.717) is 0 Å². The lowest BCUT2D eigenvalue weighted by atomic mass is 9.90. The maximum Gasteiger partial charge on any atom is 0.340 e. The van der Waals surface area contributed by atoms with Crippen LogP contribution in [0.1, 0.15) is 5.56 Å². The zero-order valence-corrected chi connectivity index (χ0v) is 14.4. The van der Waals surface area contributed by atoms with Gasteiger partial charge in [-0.3, -0.25) is 10.8 Å². The van der Waals surface area contributed by atoms with Crippen molar-refractivity contribution in [2.75, 3.05) is 7.11 Å². The van der Waals surface area contributed by atoms with Crippen LogP contribution >= 0.6 is 0 Å². The minimum atomic E-state index is -1.68. The third-order valence-corrected chi connectivity index (χ3v) is 4.16. The molecule has 0 aliphatic heterocycles. The highest BCUT2D eigenvalue weighted by molar-refractivity contribution is 6.56. The fourth-order valence-corrected chi connectivity index (χ4v) is 2.80. The van der Waals surface area contributed by atoms with E-state index in [1.165, 1.54) is 24.3 Å². The van der Waals surface area contributed by atoms with Gasteiger partial charge in [0.1, 0.15) is 0 Å². The smallest absolute Gasteiger partial charge is 0.340 e. The van der Waals surface area contributed by atoms with Crippen LogP contribution < -0.4 is 0 Å². The van der Waals surface area contributed by atoms with Crippen molar-refractivity contribution in [3.63, 3.8) is 0 Å². The second-order valence-electron chi connectivity index (χ2n) is 5.81. The monoisotopic (exact) mass is 388 g/mol. The summed E-state index contributed by atoms with van der Waals surface area (Å²) in [4.78, 5) is 11.8. The quantitative estimate of drug-likeness (QED) is 0.353. The van der Waals surface area contributed by atoms with Crippen molar-refractivity contribution in [1.82, 2.24) is 0 Å². The van der Waals surface area contributed by atoms with E-state index < -0.39 is 62.9 Å². The standard InChI is InChI=1S/C20H12F4N2O2/c1-28-20(27)11-7-10(8-12(25)19(11)26)14-17(23)15(21)13(16(22)18(14)24)9-5-3-2-4-6-9/h2-8,25-26H,1H3. The predicted molar refractivity (Wildman–Crippen MR) is 95.2 cm³/mol. The van der Waals surface area contributed by atoms with E-state index in [9.17, 15) is 22.4 Å². The van der Waals surface area contributed by atoms with Crippen LogP contribution in [0.2, 0.25) is 0 Å². The molecule has 2 aromatic rings. The Bertz CT molecular complexity index is 1060. The number of benzene rings is 2. The van der Waals surface area contributed by atoms with Crippen LogP contribution in [0.3, 0.4) is 0 Å². The lowest BCUT2D eigenvalue weighted by Gasteiger charge is -2.17. The van der Waals surface area contributed by atoms with Crippen LogP contribution in [-0.4, -0.2) is 24.5 Å². The molecule has 8 heteroatoms. The molecule has 0 fully saturated rings. The number of methoxy groups -OCH3 is 1. The molecule has 0 saturated carbocycles. The normalized spacial score (nSPS) is 13.9. The van der Waals surface area contributed by atoms with Gasteiger partial charge in [-0.15, -0.1) is 0 Å². The Morgan fingerprint density at radius 3 is 1.93 bits per heavy atom. The summed E-state index contributed by atoms with van der Waals surface area (Å²) in [6.07, 6.45) is 1.70. The Hall–Kier alpha value is -3.55. The molecule has 0 aromatic heterocycles. The van der Waals surface area contributed by atoms with Gasteiger partial charge in [0.25, 0.3) is 0 Å². The van der Waals surface area contributed by atoms with Crippen molar-refractivity contribution in [2.24, 2.45) is 0 Å². The van der Waals surface area contributed by atoms with Gasteiger partial charge < -0.3 is 4.74 Å². The maximum absolute atomic E-state index is 14.7. The molecule has 2 N–H and O–H groups in total. The first kappa shape index (κ1) is 19.2. The highest BCUT2D eigenvalue weighted by Gasteiger charge is 2.31. The highest BCUT2D eigenvalue weighted by Crippen LogP contribution is 2.36. The van der Waals surface area contributed by atoms with Gasteiger partial charge in [0.2, 0.25) is 0 Å². The molecule has 0 spiro atoms. The summed E-state index contributed by atoms with van der Waals surface area (Å²) in [5, 5.41) is 15.4. The first-order valence-corrected chi connectivity index (χ1v) is 7.89. The predicted octanol–water partition coefficient (Wildman–Crippen LogP) is 4.45. The van der Waals surface area contributed by atoms with Crippen molar-refractivity contribution in [3.05, 3.63) is 76.9 Å². The van der Waals surface area contributed by atoms with Crippen LogP contribution in [0.5, 0.6) is 0 Å². The average Bonchev–Trinajstić information content (AvgIpc) is 2.69. The van der Waals surface area contributed by atoms with Crippen LogP contribution in [-0.2, 0) is 9.53 Å². The van der Waals surface area contributed by atoms with E-state index in [4.69, 9.17) is 10.8 Å². The third-order valence-electron chi connectivity index (χ3n) is 4.16. The molecule has 0 atom stereocenters. The summed E-state index contributed by atoms with van der Waals surface area (Å²) in [7, 11) is 1.02. The SMILES string of the molecule is COC(=O)C1=CC(c2c(F)c(F)c(-c3ccccc3)c(F)c2F)=CC(=N)C1=N. The number of carbonyl (C=O) groups is 1. The molecule has 1 aliphatic carbocycles. The highest BCUT2D eigenvalue weighted by atomic mass is 19.2. The number of halogens is 4. The van der Waals surface area contributed by atoms with Gasteiger partial charge in [0.15, 0.2) is 23.3 Å². The molecule has 0 radical (unpaired) electrons. The number of rotatable bonds is 3. The molecule has 0 unspecified atom stereocenters. The molecule has 4 nitrogen and oxygen atoms in total. The Kier molecular flexibility index (Phi) is 4.96. The van der Waals surface area contributed by atoms with Crippen molar-refractivity contribution < 1.29 is 27.1 Å². The Morgan fingerprint density at radius 1 is 0.857 bits per heavy atom. The molecule has 2 aromatic carbocycles. The molecule has 3 rings (SSSR count). The number of hydrogen-bond acceptors (Lipinski definition) is 4. The first-order valence-electron chi connectivity index (χ1n) is 7.89. The number of nitrogens with one attached hydrogen (secondary N) is 2. The summed E-state index contributed by atoms with van der Waals surface area (Å²) in [5.41, 5.74) is -4.03. The lowest BCUT2D eigenvalue weighted by Crippen LogP contribution is -2.23. The van der Waals surface area contributed by atoms with Crippen molar-refractivity contribution in [3.8, 4) is 11.1 Å². The van der Waals surface area contributed by atoms with E-state index in [1.807, 2.05) is 0 Å². The number of ether oxygens (including phenoxy) is 1. The number of allylic oxidation sites excluding steroid dienone is 3. The van der Waals surface area contributed by atoms with Crippen LogP contribution in [0.15, 0.2) is 48.1 Å². The van der Waals surface area contributed by atoms with Gasteiger partial charge in [-0.25, -0.2) is 22.4 Å². The zero-order valence-electron chi connectivity index (χ0n) is 14.4.